The highest BCUT2D eigenvalue weighted by Crippen LogP contribution is 2.26. The second-order valence-electron chi connectivity index (χ2n) is 8.11. The van der Waals surface area contributed by atoms with Gasteiger partial charge in [0.2, 0.25) is 10.0 Å². The molecule has 2 N–H and O–H groups in total. The molecule has 0 bridgehead atoms. The first kappa shape index (κ1) is 22.3. The lowest BCUT2D eigenvalue weighted by atomic mass is 9.92. The normalized spacial score (nSPS) is 16.9. The number of rotatable bonds is 6. The molecule has 1 saturated heterocycles. The molecular weight excluding hydrogens is 430 g/mol. The lowest BCUT2D eigenvalue weighted by Gasteiger charge is -2.34. The third-order valence-corrected chi connectivity index (χ3v) is 7.86. The van der Waals surface area contributed by atoms with E-state index in [-0.39, 0.29) is 25.6 Å². The molecule has 0 unspecified atom stereocenters. The SMILES string of the molecule is NC(=O)COc1ccc(C(=O)N2CCN(S(=O)(=O)c3ccc4c(c3)CCCC4)CC2)cc1. The van der Waals surface area contributed by atoms with E-state index in [1.165, 1.54) is 9.87 Å². The fraction of sp³-hybridized carbons (Fsp3) is 0.391. The average molecular weight is 458 g/mol. The van der Waals surface area contributed by atoms with E-state index in [9.17, 15) is 18.0 Å². The van der Waals surface area contributed by atoms with Crippen LogP contribution in [0.5, 0.6) is 5.75 Å². The van der Waals surface area contributed by atoms with Crippen LogP contribution < -0.4 is 10.5 Å². The number of primary amides is 1. The number of fused-ring (bicyclic) bond motifs is 1. The van der Waals surface area contributed by atoms with Crippen molar-refractivity contribution in [2.75, 3.05) is 32.8 Å². The molecular formula is C23H27N3O5S. The molecule has 0 aromatic heterocycles. The second kappa shape index (κ2) is 9.30. The molecule has 1 aliphatic heterocycles. The van der Waals surface area contributed by atoms with E-state index in [0.29, 0.717) is 29.3 Å². The van der Waals surface area contributed by atoms with Crippen LogP contribution in [0.1, 0.15) is 34.3 Å². The van der Waals surface area contributed by atoms with Crippen LogP contribution in [-0.2, 0) is 27.7 Å². The van der Waals surface area contributed by atoms with Gasteiger partial charge in [-0.2, -0.15) is 4.31 Å². The monoisotopic (exact) mass is 457 g/mol. The topological polar surface area (TPSA) is 110 Å². The number of carbonyl (C=O) groups excluding carboxylic acids is 2. The van der Waals surface area contributed by atoms with Crippen molar-refractivity contribution in [3.8, 4) is 5.75 Å². The molecule has 0 saturated carbocycles. The van der Waals surface area contributed by atoms with Crippen LogP contribution in [0, 0.1) is 0 Å². The zero-order valence-electron chi connectivity index (χ0n) is 17.8. The number of ether oxygens (including phenoxy) is 1. The van der Waals surface area contributed by atoms with Gasteiger partial charge in [0.1, 0.15) is 5.75 Å². The highest BCUT2D eigenvalue weighted by molar-refractivity contribution is 7.89. The summed E-state index contributed by atoms with van der Waals surface area (Å²) in [5, 5.41) is 0. The number of hydrogen-bond acceptors (Lipinski definition) is 5. The summed E-state index contributed by atoms with van der Waals surface area (Å²) in [7, 11) is -3.59. The molecule has 8 nitrogen and oxygen atoms in total. The zero-order valence-corrected chi connectivity index (χ0v) is 18.6. The maximum absolute atomic E-state index is 13.1. The third kappa shape index (κ3) is 4.78. The summed E-state index contributed by atoms with van der Waals surface area (Å²) in [6.07, 6.45) is 4.18. The molecule has 9 heteroatoms. The standard InChI is InChI=1S/C23H27N3O5S/c24-22(27)16-31-20-8-5-18(6-9-20)23(28)25-11-13-26(14-12-25)32(29,30)21-10-7-17-3-1-2-4-19(17)15-21/h5-10,15H,1-4,11-14,16H2,(H2,24,27). The van der Waals surface area contributed by atoms with E-state index < -0.39 is 15.9 Å². The zero-order chi connectivity index (χ0) is 22.7. The highest BCUT2D eigenvalue weighted by atomic mass is 32.2. The number of aryl methyl sites for hydroxylation is 2. The van der Waals surface area contributed by atoms with E-state index in [0.717, 1.165) is 31.2 Å². The van der Waals surface area contributed by atoms with Crippen LogP contribution in [0.4, 0.5) is 0 Å². The molecule has 32 heavy (non-hydrogen) atoms. The number of piperazine rings is 1. The average Bonchev–Trinajstić information content (AvgIpc) is 2.82. The predicted molar refractivity (Wildman–Crippen MR) is 119 cm³/mol. The summed E-state index contributed by atoms with van der Waals surface area (Å²) in [5.41, 5.74) is 7.91. The Hall–Kier alpha value is -2.91. The first-order valence-corrected chi connectivity index (χ1v) is 12.2. The first-order chi connectivity index (χ1) is 15.3. The number of benzene rings is 2. The number of sulfonamides is 1. The van der Waals surface area contributed by atoms with Gasteiger partial charge < -0.3 is 15.4 Å². The summed E-state index contributed by atoms with van der Waals surface area (Å²) < 4.78 is 32.9. The fourth-order valence-electron chi connectivity index (χ4n) is 4.18. The van der Waals surface area contributed by atoms with Gasteiger partial charge >= 0.3 is 0 Å². The maximum Gasteiger partial charge on any atom is 0.255 e. The lowest BCUT2D eigenvalue weighted by Crippen LogP contribution is -2.50. The van der Waals surface area contributed by atoms with Crippen LogP contribution in [0.2, 0.25) is 0 Å². The Labute approximate surface area is 188 Å². The van der Waals surface area contributed by atoms with Crippen molar-refractivity contribution >= 4 is 21.8 Å². The largest absolute Gasteiger partial charge is 0.484 e. The molecule has 2 aromatic carbocycles. The number of nitrogens with zero attached hydrogens (tertiary/aromatic N) is 2. The van der Waals surface area contributed by atoms with E-state index >= 15 is 0 Å². The maximum atomic E-state index is 13.1. The Balaban J connectivity index is 1.38. The number of hydrogen-bond donors (Lipinski definition) is 1. The van der Waals surface area contributed by atoms with Crippen molar-refractivity contribution in [3.63, 3.8) is 0 Å². The molecule has 0 radical (unpaired) electrons. The Kier molecular flexibility index (Phi) is 6.48. The number of carbonyl (C=O) groups is 2. The summed E-state index contributed by atoms with van der Waals surface area (Å²) in [6, 6.07) is 11.9. The molecule has 2 aromatic rings. The van der Waals surface area contributed by atoms with Crippen molar-refractivity contribution in [1.82, 2.24) is 9.21 Å². The van der Waals surface area contributed by atoms with Gasteiger partial charge in [0.25, 0.3) is 11.8 Å². The van der Waals surface area contributed by atoms with E-state index in [1.807, 2.05) is 12.1 Å². The Morgan fingerprint density at radius 2 is 1.56 bits per heavy atom. The van der Waals surface area contributed by atoms with Gasteiger partial charge in [-0.1, -0.05) is 6.07 Å². The third-order valence-electron chi connectivity index (χ3n) is 5.97. The minimum absolute atomic E-state index is 0.169. The predicted octanol–water partition coefficient (Wildman–Crippen LogP) is 1.58. The minimum atomic E-state index is -3.59. The van der Waals surface area contributed by atoms with Crippen LogP contribution in [-0.4, -0.2) is 62.2 Å². The summed E-state index contributed by atoms with van der Waals surface area (Å²) in [6.45, 7) is 0.926. The number of amides is 2. The molecule has 0 atom stereocenters. The molecule has 1 heterocycles. The van der Waals surface area contributed by atoms with Crippen molar-refractivity contribution < 1.29 is 22.7 Å². The van der Waals surface area contributed by atoms with Crippen molar-refractivity contribution in [3.05, 3.63) is 59.2 Å². The minimum Gasteiger partial charge on any atom is -0.484 e. The fourth-order valence-corrected chi connectivity index (χ4v) is 5.66. The van der Waals surface area contributed by atoms with E-state index in [4.69, 9.17) is 10.5 Å². The van der Waals surface area contributed by atoms with Crippen molar-refractivity contribution in [2.45, 2.75) is 30.6 Å². The van der Waals surface area contributed by atoms with Gasteiger partial charge in [0.15, 0.2) is 6.61 Å². The summed E-state index contributed by atoms with van der Waals surface area (Å²) in [5.74, 6) is -0.299. The molecule has 2 aliphatic rings. The van der Waals surface area contributed by atoms with Gasteiger partial charge in [-0.15, -0.1) is 0 Å². The summed E-state index contributed by atoms with van der Waals surface area (Å²) in [4.78, 5) is 25.6. The van der Waals surface area contributed by atoms with Gasteiger partial charge in [-0.05, 0) is 73.2 Å². The lowest BCUT2D eigenvalue weighted by molar-refractivity contribution is -0.119. The smallest absolute Gasteiger partial charge is 0.255 e. The molecule has 0 spiro atoms. The van der Waals surface area contributed by atoms with Crippen molar-refractivity contribution in [2.24, 2.45) is 5.73 Å². The molecule has 170 valence electrons. The van der Waals surface area contributed by atoms with Crippen LogP contribution >= 0.6 is 0 Å². The summed E-state index contributed by atoms with van der Waals surface area (Å²) >= 11 is 0. The Bertz CT molecular complexity index is 1110. The molecule has 1 aliphatic carbocycles. The molecule has 1 fully saturated rings. The van der Waals surface area contributed by atoms with Crippen LogP contribution in [0.25, 0.3) is 0 Å². The van der Waals surface area contributed by atoms with E-state index in [2.05, 4.69) is 0 Å². The second-order valence-corrected chi connectivity index (χ2v) is 10.1. The first-order valence-electron chi connectivity index (χ1n) is 10.8. The Morgan fingerprint density at radius 3 is 2.22 bits per heavy atom. The highest BCUT2D eigenvalue weighted by Gasteiger charge is 2.31. The quantitative estimate of drug-likeness (QED) is 0.708. The number of nitrogens with two attached hydrogens (primary N) is 1. The van der Waals surface area contributed by atoms with Crippen molar-refractivity contribution in [1.29, 1.82) is 0 Å². The van der Waals surface area contributed by atoms with E-state index in [1.54, 1.807) is 35.2 Å². The van der Waals surface area contributed by atoms with Gasteiger partial charge in [0, 0.05) is 31.7 Å². The van der Waals surface area contributed by atoms with Gasteiger partial charge in [-0.3, -0.25) is 9.59 Å². The van der Waals surface area contributed by atoms with Gasteiger partial charge in [0.05, 0.1) is 4.90 Å². The Morgan fingerprint density at radius 1 is 0.906 bits per heavy atom. The van der Waals surface area contributed by atoms with Crippen LogP contribution in [0.3, 0.4) is 0 Å². The molecule has 4 rings (SSSR count). The van der Waals surface area contributed by atoms with Crippen LogP contribution in [0.15, 0.2) is 47.4 Å². The van der Waals surface area contributed by atoms with Gasteiger partial charge in [-0.25, -0.2) is 8.42 Å². The molecule has 2 amide bonds.